The number of nitrogens with one attached hydrogen (secondary N) is 1. The van der Waals surface area contributed by atoms with E-state index < -0.39 is 36.2 Å². The van der Waals surface area contributed by atoms with E-state index in [1.807, 2.05) is 0 Å². The maximum Gasteiger partial charge on any atom is 0.513 e. The van der Waals surface area contributed by atoms with Gasteiger partial charge in [0, 0.05) is 17.2 Å². The lowest BCUT2D eigenvalue weighted by atomic mass is 10.3. The van der Waals surface area contributed by atoms with Crippen LogP contribution in [-0.4, -0.2) is 24.0 Å². The molecule has 0 aliphatic rings. The largest absolute Gasteiger partial charge is 0.513 e. The first-order valence-corrected chi connectivity index (χ1v) is 9.60. The molecule has 0 aliphatic heterocycles. The third kappa shape index (κ3) is 5.66. The van der Waals surface area contributed by atoms with Crippen molar-refractivity contribution in [3.63, 3.8) is 0 Å². The van der Waals surface area contributed by atoms with Crippen molar-refractivity contribution in [1.82, 2.24) is 5.09 Å². The molecule has 9 nitrogen and oxygen atoms in total. The van der Waals surface area contributed by atoms with Crippen LogP contribution in [0.5, 0.6) is 11.5 Å². The smallest absolute Gasteiger partial charge is 0.468 e. The summed E-state index contributed by atoms with van der Waals surface area (Å²) < 4.78 is 42.2. The Hall–Kier alpha value is -2.68. The van der Waals surface area contributed by atoms with Crippen molar-refractivity contribution in [2.45, 2.75) is 13.0 Å². The van der Waals surface area contributed by atoms with Crippen LogP contribution in [0.2, 0.25) is 5.02 Å². The van der Waals surface area contributed by atoms with E-state index in [4.69, 9.17) is 20.6 Å². The topological polar surface area (TPSA) is 117 Å². The summed E-state index contributed by atoms with van der Waals surface area (Å²) in [5.41, 5.74) is -0.220. The van der Waals surface area contributed by atoms with E-state index in [-0.39, 0.29) is 16.5 Å². The van der Waals surface area contributed by atoms with Crippen molar-refractivity contribution in [2.24, 2.45) is 0 Å². The van der Waals surface area contributed by atoms with Gasteiger partial charge in [-0.3, -0.25) is 14.9 Å². The number of rotatable bonds is 8. The summed E-state index contributed by atoms with van der Waals surface area (Å²) in [4.78, 5) is 21.7. The molecule has 0 fully saturated rings. The number of hydrogen-bond donors (Lipinski definition) is 1. The highest BCUT2D eigenvalue weighted by Gasteiger charge is 2.34. The van der Waals surface area contributed by atoms with Gasteiger partial charge in [-0.25, -0.2) is 8.96 Å². The molecule has 2 aromatic rings. The fraction of sp³-hybridized carbons (Fsp3) is 0.188. The van der Waals surface area contributed by atoms with Crippen LogP contribution in [-0.2, 0) is 14.1 Å². The van der Waals surface area contributed by atoms with Crippen LogP contribution < -0.4 is 14.1 Å². The summed E-state index contributed by atoms with van der Waals surface area (Å²) >= 11 is 5.68. The number of hydrogen-bond acceptors (Lipinski definition) is 7. The standard InChI is InChI=1S/C16H15ClFN2O7P/c1-10(16(21)25-2)19-28(24,27-15-8-3-11(17)9-14(15)18)26-13-6-4-12(5-7-13)20(22)23/h3-10H,1-2H3,(H,19,24)/t10-,28?/m0/s1. The van der Waals surface area contributed by atoms with Crippen LogP contribution >= 0.6 is 19.3 Å². The predicted molar refractivity (Wildman–Crippen MR) is 98.0 cm³/mol. The third-order valence-electron chi connectivity index (χ3n) is 3.29. The molecule has 0 aromatic heterocycles. The molecule has 150 valence electrons. The van der Waals surface area contributed by atoms with Gasteiger partial charge in [0.05, 0.1) is 12.0 Å². The summed E-state index contributed by atoms with van der Waals surface area (Å²) in [5, 5.41) is 13.1. The van der Waals surface area contributed by atoms with Crippen molar-refractivity contribution >= 4 is 31.0 Å². The molecule has 0 bridgehead atoms. The first-order chi connectivity index (χ1) is 13.1. The number of nitro benzene ring substituents is 1. The number of nitrogens with zero attached hydrogens (tertiary/aromatic N) is 1. The highest BCUT2D eigenvalue weighted by molar-refractivity contribution is 7.52. The van der Waals surface area contributed by atoms with Gasteiger partial charge in [0.15, 0.2) is 11.6 Å². The number of esters is 1. The van der Waals surface area contributed by atoms with Crippen LogP contribution in [0.1, 0.15) is 6.92 Å². The van der Waals surface area contributed by atoms with Crippen molar-refractivity contribution < 1.29 is 32.5 Å². The summed E-state index contributed by atoms with van der Waals surface area (Å²) in [6.45, 7) is 1.33. The van der Waals surface area contributed by atoms with E-state index in [1.165, 1.54) is 25.1 Å². The van der Waals surface area contributed by atoms with Crippen LogP contribution in [0.15, 0.2) is 42.5 Å². The Morgan fingerprint density at radius 3 is 2.43 bits per heavy atom. The zero-order valence-corrected chi connectivity index (χ0v) is 16.3. The van der Waals surface area contributed by atoms with Crippen molar-refractivity contribution in [2.75, 3.05) is 7.11 Å². The maximum absolute atomic E-state index is 14.0. The molecule has 0 saturated heterocycles. The van der Waals surface area contributed by atoms with Gasteiger partial charge in [-0.2, -0.15) is 5.09 Å². The molecule has 2 rings (SSSR count). The van der Waals surface area contributed by atoms with Crippen molar-refractivity contribution in [1.29, 1.82) is 0 Å². The Morgan fingerprint density at radius 1 is 1.25 bits per heavy atom. The summed E-state index contributed by atoms with van der Waals surface area (Å²) in [5.74, 6) is -2.20. The molecule has 12 heteroatoms. The molecular formula is C16H15ClFN2O7P. The summed E-state index contributed by atoms with van der Waals surface area (Å²) in [6, 6.07) is 6.83. The Bertz CT molecular complexity index is 926. The second-order valence-corrected chi connectivity index (χ2v) is 7.43. The first kappa shape index (κ1) is 21.6. The number of nitro groups is 1. The van der Waals surface area contributed by atoms with Crippen LogP contribution in [0.4, 0.5) is 10.1 Å². The number of methoxy groups -OCH3 is 1. The van der Waals surface area contributed by atoms with Gasteiger partial charge in [-0.15, -0.1) is 0 Å². The number of carbonyl (C=O) groups is 1. The molecule has 1 unspecified atom stereocenters. The van der Waals surface area contributed by atoms with E-state index >= 15 is 0 Å². The van der Waals surface area contributed by atoms with Gasteiger partial charge in [0.25, 0.3) is 5.69 Å². The third-order valence-corrected chi connectivity index (χ3v) is 5.12. The maximum atomic E-state index is 14.0. The molecule has 0 saturated carbocycles. The van der Waals surface area contributed by atoms with Crippen molar-refractivity contribution in [3.8, 4) is 11.5 Å². The number of ether oxygens (including phenoxy) is 1. The molecule has 0 radical (unpaired) electrons. The zero-order valence-electron chi connectivity index (χ0n) is 14.6. The van der Waals surface area contributed by atoms with Gasteiger partial charge < -0.3 is 13.8 Å². The second-order valence-electron chi connectivity index (χ2n) is 5.38. The van der Waals surface area contributed by atoms with Crippen LogP contribution in [0.3, 0.4) is 0 Å². The number of non-ortho nitro benzene ring substituents is 1. The lowest BCUT2D eigenvalue weighted by Gasteiger charge is -2.23. The molecule has 0 amide bonds. The van der Waals surface area contributed by atoms with Crippen LogP contribution in [0.25, 0.3) is 0 Å². The van der Waals surface area contributed by atoms with Gasteiger partial charge in [-0.05, 0) is 37.3 Å². The molecule has 2 atom stereocenters. The molecule has 0 aliphatic carbocycles. The lowest BCUT2D eigenvalue weighted by molar-refractivity contribution is -0.384. The van der Waals surface area contributed by atoms with E-state index in [9.17, 15) is 23.9 Å². The van der Waals surface area contributed by atoms with Gasteiger partial charge in [-0.1, -0.05) is 11.6 Å². The number of benzene rings is 2. The molecule has 0 spiro atoms. The Labute approximate surface area is 164 Å². The van der Waals surface area contributed by atoms with Gasteiger partial charge in [0.1, 0.15) is 11.8 Å². The average Bonchev–Trinajstić information content (AvgIpc) is 2.63. The van der Waals surface area contributed by atoms with Gasteiger partial charge in [0.2, 0.25) is 0 Å². The monoisotopic (exact) mass is 432 g/mol. The molecular weight excluding hydrogens is 418 g/mol. The second kappa shape index (κ2) is 9.01. The molecule has 28 heavy (non-hydrogen) atoms. The van der Waals surface area contributed by atoms with E-state index in [0.717, 1.165) is 31.4 Å². The fourth-order valence-electron chi connectivity index (χ4n) is 1.98. The minimum Gasteiger partial charge on any atom is -0.468 e. The normalized spacial score (nSPS) is 13.9. The molecule has 1 N–H and O–H groups in total. The highest BCUT2D eigenvalue weighted by atomic mass is 35.5. The molecule has 0 heterocycles. The SMILES string of the molecule is COC(=O)[C@H](C)NP(=O)(Oc1ccc([N+](=O)[O-])cc1)Oc1ccc(Cl)cc1F. The number of halogens is 2. The summed E-state index contributed by atoms with van der Waals surface area (Å²) in [7, 11) is -3.24. The highest BCUT2D eigenvalue weighted by Crippen LogP contribution is 2.46. The average molecular weight is 433 g/mol. The zero-order chi connectivity index (χ0) is 20.9. The van der Waals surface area contributed by atoms with Crippen LogP contribution in [0, 0.1) is 15.9 Å². The predicted octanol–water partition coefficient (Wildman–Crippen LogP) is 4.10. The number of carbonyl (C=O) groups excluding carboxylic acids is 1. The molecule has 2 aromatic carbocycles. The Morgan fingerprint density at radius 2 is 1.89 bits per heavy atom. The Balaban J connectivity index is 2.32. The van der Waals surface area contributed by atoms with E-state index in [1.54, 1.807) is 0 Å². The minimum absolute atomic E-state index is 0.0760. The Kier molecular flexibility index (Phi) is 6.95. The van der Waals surface area contributed by atoms with E-state index in [0.29, 0.717) is 0 Å². The summed E-state index contributed by atoms with van der Waals surface area (Å²) in [6.07, 6.45) is 0. The first-order valence-electron chi connectivity index (χ1n) is 7.68. The van der Waals surface area contributed by atoms with Crippen molar-refractivity contribution in [3.05, 3.63) is 63.4 Å². The van der Waals surface area contributed by atoms with Gasteiger partial charge >= 0.3 is 13.7 Å². The minimum atomic E-state index is -4.37. The van der Waals surface area contributed by atoms with E-state index in [2.05, 4.69) is 9.82 Å². The quantitative estimate of drug-likeness (QED) is 0.287. The lowest BCUT2D eigenvalue weighted by Crippen LogP contribution is -2.35. The fourth-order valence-corrected chi connectivity index (χ4v) is 3.67.